The highest BCUT2D eigenvalue weighted by Gasteiger charge is 2.07. The van der Waals surface area contributed by atoms with Crippen molar-refractivity contribution in [3.8, 4) is 0 Å². The zero-order valence-corrected chi connectivity index (χ0v) is 14.2. The van der Waals surface area contributed by atoms with Crippen molar-refractivity contribution in [3.05, 3.63) is 48.0 Å². The molecule has 0 spiro atoms. The Balaban J connectivity index is 1.99. The lowest BCUT2D eigenvalue weighted by Gasteiger charge is -2.14. The summed E-state index contributed by atoms with van der Waals surface area (Å²) in [5.74, 6) is 1.31. The van der Waals surface area contributed by atoms with Crippen molar-refractivity contribution in [2.75, 3.05) is 20.6 Å². The largest absolute Gasteiger partial charge is 0.349 e. The van der Waals surface area contributed by atoms with E-state index in [0.29, 0.717) is 19.0 Å². The normalized spacial score (nSPS) is 11.2. The van der Waals surface area contributed by atoms with Crippen LogP contribution in [0.4, 0.5) is 0 Å². The molecule has 0 unspecified atom stereocenters. The van der Waals surface area contributed by atoms with Crippen LogP contribution in [0.5, 0.6) is 0 Å². The summed E-state index contributed by atoms with van der Waals surface area (Å²) in [6.45, 7) is 1.16. The molecule has 1 heterocycles. The number of guanidine groups is 1. The van der Waals surface area contributed by atoms with Gasteiger partial charge in [0.05, 0.1) is 19.6 Å². The molecule has 8 nitrogen and oxygen atoms in total. The number of hydrogen-bond acceptors (Lipinski definition) is 4. The number of benzene rings is 1. The highest BCUT2D eigenvalue weighted by molar-refractivity contribution is 5.86. The average Bonchev–Trinajstić information content (AvgIpc) is 2.99. The molecule has 0 fully saturated rings. The van der Waals surface area contributed by atoms with Crippen LogP contribution < -0.4 is 10.6 Å². The first-order chi connectivity index (χ1) is 11.6. The molecule has 8 heteroatoms. The fraction of sp³-hybridized carbons (Fsp3) is 0.375. The molecule has 0 saturated carbocycles. The van der Waals surface area contributed by atoms with Gasteiger partial charge in [-0.1, -0.05) is 30.3 Å². The van der Waals surface area contributed by atoms with Crippen molar-refractivity contribution < 1.29 is 4.79 Å². The first kappa shape index (κ1) is 17.5. The Morgan fingerprint density at radius 2 is 2.00 bits per heavy atom. The highest BCUT2D eigenvalue weighted by atomic mass is 16.2. The summed E-state index contributed by atoms with van der Waals surface area (Å²) in [6.07, 6.45) is 1.50. The van der Waals surface area contributed by atoms with Crippen molar-refractivity contribution in [1.29, 1.82) is 0 Å². The van der Waals surface area contributed by atoms with Crippen LogP contribution in [-0.4, -0.2) is 52.2 Å². The van der Waals surface area contributed by atoms with E-state index in [-0.39, 0.29) is 12.5 Å². The van der Waals surface area contributed by atoms with Crippen molar-refractivity contribution in [3.63, 3.8) is 0 Å². The monoisotopic (exact) mass is 329 g/mol. The predicted octanol–water partition coefficient (Wildman–Crippen LogP) is 0.139. The number of nitrogens with zero attached hydrogens (tertiary/aromatic N) is 5. The van der Waals surface area contributed by atoms with Crippen LogP contribution in [-0.2, 0) is 24.9 Å². The van der Waals surface area contributed by atoms with Crippen LogP contribution >= 0.6 is 0 Å². The summed E-state index contributed by atoms with van der Waals surface area (Å²) in [5, 5.41) is 10.2. The topological polar surface area (TPSA) is 87.4 Å². The summed E-state index contributed by atoms with van der Waals surface area (Å²) in [4.78, 5) is 22.0. The summed E-state index contributed by atoms with van der Waals surface area (Å²) in [7, 11) is 5.27. The Hall–Kier alpha value is -2.90. The fourth-order valence-electron chi connectivity index (χ4n) is 1.89. The maximum atomic E-state index is 11.8. The van der Waals surface area contributed by atoms with Gasteiger partial charge in [-0.2, -0.15) is 5.10 Å². The van der Waals surface area contributed by atoms with E-state index in [1.165, 1.54) is 11.2 Å². The third kappa shape index (κ3) is 5.38. The van der Waals surface area contributed by atoms with E-state index in [4.69, 9.17) is 0 Å². The molecular weight excluding hydrogens is 306 g/mol. The zero-order valence-electron chi connectivity index (χ0n) is 14.2. The molecule has 0 radical (unpaired) electrons. The molecule has 1 aromatic heterocycles. The molecule has 0 aliphatic heterocycles. The lowest BCUT2D eigenvalue weighted by molar-refractivity contribution is -0.127. The zero-order chi connectivity index (χ0) is 17.4. The van der Waals surface area contributed by atoms with Crippen LogP contribution in [0.15, 0.2) is 41.7 Å². The SMILES string of the molecule is CN(C)C(=O)CNC(=NCc1ccccc1)NCc1ncnn1C. The number of aromatic nitrogens is 3. The van der Waals surface area contributed by atoms with E-state index in [1.807, 2.05) is 37.4 Å². The molecule has 2 rings (SSSR count). The van der Waals surface area contributed by atoms with Gasteiger partial charge >= 0.3 is 0 Å². The number of likely N-dealkylation sites (N-methyl/N-ethyl adjacent to an activating group) is 1. The van der Waals surface area contributed by atoms with Crippen molar-refractivity contribution >= 4 is 11.9 Å². The molecule has 1 amide bonds. The minimum Gasteiger partial charge on any atom is -0.349 e. The number of aliphatic imine (C=N–C) groups is 1. The Bertz CT molecular complexity index is 679. The van der Waals surface area contributed by atoms with E-state index in [2.05, 4.69) is 25.7 Å². The van der Waals surface area contributed by atoms with Gasteiger partial charge < -0.3 is 15.5 Å². The second kappa shape index (κ2) is 8.66. The molecular formula is C16H23N7O. The van der Waals surface area contributed by atoms with Crippen molar-refractivity contribution in [2.45, 2.75) is 13.1 Å². The predicted molar refractivity (Wildman–Crippen MR) is 92.1 cm³/mol. The van der Waals surface area contributed by atoms with Crippen molar-refractivity contribution in [2.24, 2.45) is 12.0 Å². The summed E-state index contributed by atoms with van der Waals surface area (Å²) in [5.41, 5.74) is 1.09. The molecule has 128 valence electrons. The second-order valence-electron chi connectivity index (χ2n) is 5.45. The summed E-state index contributed by atoms with van der Waals surface area (Å²) >= 11 is 0. The Kier molecular flexibility index (Phi) is 6.30. The summed E-state index contributed by atoms with van der Waals surface area (Å²) in [6, 6.07) is 9.93. The highest BCUT2D eigenvalue weighted by Crippen LogP contribution is 2.00. The van der Waals surface area contributed by atoms with Gasteiger partial charge in [0.1, 0.15) is 12.2 Å². The molecule has 0 aliphatic carbocycles. The lowest BCUT2D eigenvalue weighted by Crippen LogP contribution is -2.43. The first-order valence-corrected chi connectivity index (χ1v) is 7.65. The van der Waals surface area contributed by atoms with E-state index >= 15 is 0 Å². The van der Waals surface area contributed by atoms with E-state index in [9.17, 15) is 4.79 Å². The number of rotatable bonds is 6. The quantitative estimate of drug-likeness (QED) is 0.581. The van der Waals surface area contributed by atoms with Gasteiger partial charge in [-0.3, -0.25) is 9.48 Å². The van der Waals surface area contributed by atoms with E-state index in [1.54, 1.807) is 18.8 Å². The van der Waals surface area contributed by atoms with Gasteiger partial charge in [-0.05, 0) is 5.56 Å². The van der Waals surface area contributed by atoms with Gasteiger partial charge in [0.2, 0.25) is 5.91 Å². The van der Waals surface area contributed by atoms with Gasteiger partial charge in [-0.25, -0.2) is 9.98 Å². The number of amides is 1. The van der Waals surface area contributed by atoms with Gasteiger partial charge in [0.25, 0.3) is 0 Å². The molecule has 0 atom stereocenters. The number of aryl methyl sites for hydroxylation is 1. The van der Waals surface area contributed by atoms with Crippen LogP contribution in [0.1, 0.15) is 11.4 Å². The molecule has 2 aromatic rings. The van der Waals surface area contributed by atoms with Gasteiger partial charge in [0, 0.05) is 21.1 Å². The van der Waals surface area contributed by atoms with Gasteiger partial charge in [-0.15, -0.1) is 0 Å². The number of hydrogen-bond donors (Lipinski definition) is 2. The van der Waals surface area contributed by atoms with Gasteiger partial charge in [0.15, 0.2) is 5.96 Å². The van der Waals surface area contributed by atoms with E-state index in [0.717, 1.165) is 11.4 Å². The standard InChI is InChI=1S/C16H23N7O/c1-22(2)15(24)11-19-16(17-9-13-7-5-4-6-8-13)18-10-14-20-12-21-23(14)3/h4-8,12H,9-11H2,1-3H3,(H2,17,18,19). The molecule has 1 aromatic carbocycles. The molecule has 0 aliphatic rings. The van der Waals surface area contributed by atoms with Crippen LogP contribution in [0.2, 0.25) is 0 Å². The Morgan fingerprint density at radius 1 is 1.25 bits per heavy atom. The summed E-state index contributed by atoms with van der Waals surface area (Å²) < 4.78 is 1.69. The molecule has 0 bridgehead atoms. The molecule has 2 N–H and O–H groups in total. The lowest BCUT2D eigenvalue weighted by atomic mass is 10.2. The van der Waals surface area contributed by atoms with E-state index < -0.39 is 0 Å². The Morgan fingerprint density at radius 3 is 2.62 bits per heavy atom. The Labute approximate surface area is 141 Å². The van der Waals surface area contributed by atoms with Crippen LogP contribution in [0.25, 0.3) is 0 Å². The maximum absolute atomic E-state index is 11.8. The van der Waals surface area contributed by atoms with Crippen molar-refractivity contribution in [1.82, 2.24) is 30.3 Å². The first-order valence-electron chi connectivity index (χ1n) is 7.65. The van der Waals surface area contributed by atoms with Crippen LogP contribution in [0, 0.1) is 0 Å². The number of carbonyl (C=O) groups is 1. The van der Waals surface area contributed by atoms with Crippen LogP contribution in [0.3, 0.4) is 0 Å². The number of carbonyl (C=O) groups excluding carboxylic acids is 1. The second-order valence-corrected chi connectivity index (χ2v) is 5.45. The third-order valence-corrected chi connectivity index (χ3v) is 3.39. The minimum atomic E-state index is -0.0251. The maximum Gasteiger partial charge on any atom is 0.241 e. The minimum absolute atomic E-state index is 0.0251. The third-order valence-electron chi connectivity index (χ3n) is 3.39. The molecule has 0 saturated heterocycles. The molecule has 24 heavy (non-hydrogen) atoms. The number of nitrogens with one attached hydrogen (secondary N) is 2. The smallest absolute Gasteiger partial charge is 0.241 e. The fourth-order valence-corrected chi connectivity index (χ4v) is 1.89. The average molecular weight is 329 g/mol.